The van der Waals surface area contributed by atoms with E-state index >= 15 is 0 Å². The van der Waals surface area contributed by atoms with Crippen LogP contribution >= 0.6 is 0 Å². The molecule has 136 valence electrons. The fourth-order valence-electron chi connectivity index (χ4n) is 2.80. The number of rotatable bonds is 4. The first-order chi connectivity index (χ1) is 12.6. The Kier molecular flexibility index (Phi) is 5.31. The van der Waals surface area contributed by atoms with Gasteiger partial charge in [-0.15, -0.1) is 10.2 Å². The number of benzene rings is 1. The number of anilines is 2. The molecule has 2 heterocycles. The maximum absolute atomic E-state index is 12.4. The molecular weight excluding hydrogens is 334 g/mol. The Labute approximate surface area is 151 Å². The van der Waals surface area contributed by atoms with Crippen LogP contribution in [-0.4, -0.2) is 60.2 Å². The van der Waals surface area contributed by atoms with E-state index in [2.05, 4.69) is 15.5 Å². The van der Waals surface area contributed by atoms with Gasteiger partial charge < -0.3 is 19.9 Å². The highest BCUT2D eigenvalue weighted by Gasteiger charge is 2.20. The molecule has 0 spiro atoms. The number of carbonyl (C=O) groups is 2. The molecule has 1 fully saturated rings. The molecule has 1 N–H and O–H groups in total. The number of nitrogens with one attached hydrogen (secondary N) is 1. The SMILES string of the molecule is COc1ccccc1NC(=O)c1ccc(N2CCN(C(C)=O)CC2)nn1. The summed E-state index contributed by atoms with van der Waals surface area (Å²) in [5.41, 5.74) is 0.799. The molecule has 8 nitrogen and oxygen atoms in total. The van der Waals surface area contributed by atoms with Crippen LogP contribution in [0.4, 0.5) is 11.5 Å². The largest absolute Gasteiger partial charge is 0.495 e. The van der Waals surface area contributed by atoms with Crippen molar-refractivity contribution < 1.29 is 14.3 Å². The summed E-state index contributed by atoms with van der Waals surface area (Å²) in [7, 11) is 1.55. The van der Waals surface area contributed by atoms with Crippen LogP contribution in [0.3, 0.4) is 0 Å². The molecule has 1 saturated heterocycles. The Morgan fingerprint density at radius 3 is 2.38 bits per heavy atom. The first-order valence-corrected chi connectivity index (χ1v) is 8.37. The van der Waals surface area contributed by atoms with Crippen LogP contribution in [0.25, 0.3) is 0 Å². The smallest absolute Gasteiger partial charge is 0.276 e. The third kappa shape index (κ3) is 3.90. The zero-order chi connectivity index (χ0) is 18.5. The van der Waals surface area contributed by atoms with Gasteiger partial charge in [0.25, 0.3) is 5.91 Å². The lowest BCUT2D eigenvalue weighted by atomic mass is 10.2. The van der Waals surface area contributed by atoms with Gasteiger partial charge in [0.05, 0.1) is 12.8 Å². The second-order valence-corrected chi connectivity index (χ2v) is 5.92. The predicted molar refractivity (Wildman–Crippen MR) is 97.4 cm³/mol. The number of amides is 2. The number of methoxy groups -OCH3 is 1. The lowest BCUT2D eigenvalue weighted by Gasteiger charge is -2.34. The zero-order valence-electron chi connectivity index (χ0n) is 14.8. The molecule has 0 saturated carbocycles. The van der Waals surface area contributed by atoms with Gasteiger partial charge in [-0.3, -0.25) is 9.59 Å². The van der Waals surface area contributed by atoms with Crippen molar-refractivity contribution in [1.29, 1.82) is 0 Å². The Morgan fingerprint density at radius 1 is 1.04 bits per heavy atom. The number of nitrogens with zero attached hydrogens (tertiary/aromatic N) is 4. The van der Waals surface area contributed by atoms with Gasteiger partial charge in [-0.2, -0.15) is 0 Å². The highest BCUT2D eigenvalue weighted by Crippen LogP contribution is 2.23. The molecule has 0 unspecified atom stereocenters. The van der Waals surface area contributed by atoms with Gasteiger partial charge in [-0.1, -0.05) is 12.1 Å². The Hall–Kier alpha value is -3.16. The van der Waals surface area contributed by atoms with E-state index in [4.69, 9.17) is 4.74 Å². The van der Waals surface area contributed by atoms with Crippen LogP contribution in [0.2, 0.25) is 0 Å². The summed E-state index contributed by atoms with van der Waals surface area (Å²) in [6.07, 6.45) is 0. The molecular formula is C18H21N5O3. The highest BCUT2D eigenvalue weighted by molar-refractivity contribution is 6.03. The number of piperazine rings is 1. The fraction of sp³-hybridized carbons (Fsp3) is 0.333. The lowest BCUT2D eigenvalue weighted by Crippen LogP contribution is -2.48. The summed E-state index contributed by atoms with van der Waals surface area (Å²) in [6.45, 7) is 4.28. The predicted octanol–water partition coefficient (Wildman–Crippen LogP) is 1.41. The summed E-state index contributed by atoms with van der Waals surface area (Å²) in [5.74, 6) is 1.00. The van der Waals surface area contributed by atoms with Crippen molar-refractivity contribution in [3.63, 3.8) is 0 Å². The van der Waals surface area contributed by atoms with E-state index < -0.39 is 0 Å². The van der Waals surface area contributed by atoms with Crippen LogP contribution in [0.5, 0.6) is 5.75 Å². The monoisotopic (exact) mass is 355 g/mol. The summed E-state index contributed by atoms with van der Waals surface area (Å²) >= 11 is 0. The molecule has 1 aliphatic heterocycles. The second-order valence-electron chi connectivity index (χ2n) is 5.92. The van der Waals surface area contributed by atoms with Crippen LogP contribution in [0.1, 0.15) is 17.4 Å². The summed E-state index contributed by atoms with van der Waals surface area (Å²) in [4.78, 5) is 27.6. The van der Waals surface area contributed by atoms with Crippen molar-refractivity contribution in [2.75, 3.05) is 43.5 Å². The van der Waals surface area contributed by atoms with Gasteiger partial charge in [0.2, 0.25) is 5.91 Å². The standard InChI is InChI=1S/C18H21N5O3/c1-13(24)22-9-11-23(12-10-22)17-8-7-15(20-21-17)18(25)19-14-5-3-4-6-16(14)26-2/h3-8H,9-12H2,1-2H3,(H,19,25). The van der Waals surface area contributed by atoms with Gasteiger partial charge in [0, 0.05) is 33.1 Å². The maximum Gasteiger partial charge on any atom is 0.276 e. The molecule has 0 aliphatic carbocycles. The van der Waals surface area contributed by atoms with Crippen molar-refractivity contribution in [2.24, 2.45) is 0 Å². The molecule has 2 aromatic rings. The third-order valence-electron chi connectivity index (χ3n) is 4.29. The van der Waals surface area contributed by atoms with Gasteiger partial charge >= 0.3 is 0 Å². The van der Waals surface area contributed by atoms with Gasteiger partial charge in [0.15, 0.2) is 11.5 Å². The minimum atomic E-state index is -0.352. The Balaban J connectivity index is 1.64. The molecule has 0 radical (unpaired) electrons. The van der Waals surface area contributed by atoms with E-state index in [1.54, 1.807) is 43.2 Å². The van der Waals surface area contributed by atoms with Crippen molar-refractivity contribution in [1.82, 2.24) is 15.1 Å². The zero-order valence-corrected chi connectivity index (χ0v) is 14.8. The average molecular weight is 355 g/mol. The lowest BCUT2D eigenvalue weighted by molar-refractivity contribution is -0.129. The number of hydrogen-bond acceptors (Lipinski definition) is 6. The molecule has 26 heavy (non-hydrogen) atoms. The van der Waals surface area contributed by atoms with E-state index in [0.717, 1.165) is 0 Å². The van der Waals surface area contributed by atoms with Gasteiger partial charge in [0.1, 0.15) is 5.75 Å². The van der Waals surface area contributed by atoms with Crippen molar-refractivity contribution >= 4 is 23.3 Å². The average Bonchev–Trinajstić information content (AvgIpc) is 2.68. The first-order valence-electron chi connectivity index (χ1n) is 8.37. The molecule has 8 heteroatoms. The molecule has 0 bridgehead atoms. The van der Waals surface area contributed by atoms with E-state index in [1.165, 1.54) is 0 Å². The van der Waals surface area contributed by atoms with E-state index in [0.29, 0.717) is 43.4 Å². The molecule has 3 rings (SSSR count). The molecule has 0 atom stereocenters. The summed E-state index contributed by atoms with van der Waals surface area (Å²) in [6, 6.07) is 10.6. The summed E-state index contributed by atoms with van der Waals surface area (Å²) in [5, 5.41) is 11.0. The molecule has 1 aromatic carbocycles. The maximum atomic E-state index is 12.4. The van der Waals surface area contributed by atoms with Crippen molar-refractivity contribution in [2.45, 2.75) is 6.92 Å². The van der Waals surface area contributed by atoms with Crippen LogP contribution in [0, 0.1) is 0 Å². The first kappa shape index (κ1) is 17.7. The van der Waals surface area contributed by atoms with Gasteiger partial charge in [-0.05, 0) is 24.3 Å². The quantitative estimate of drug-likeness (QED) is 0.892. The third-order valence-corrected chi connectivity index (χ3v) is 4.29. The number of ether oxygens (including phenoxy) is 1. The van der Waals surface area contributed by atoms with Crippen molar-refractivity contribution in [3.05, 3.63) is 42.1 Å². The van der Waals surface area contributed by atoms with E-state index in [9.17, 15) is 9.59 Å². The Bertz CT molecular complexity index is 786. The normalized spacial score (nSPS) is 14.1. The number of hydrogen-bond donors (Lipinski definition) is 1. The minimum absolute atomic E-state index is 0.0825. The van der Waals surface area contributed by atoms with Crippen LogP contribution in [0.15, 0.2) is 36.4 Å². The molecule has 1 aromatic heterocycles. The topological polar surface area (TPSA) is 87.7 Å². The summed E-state index contributed by atoms with van der Waals surface area (Å²) < 4.78 is 5.22. The van der Waals surface area contributed by atoms with Crippen LogP contribution < -0.4 is 15.0 Å². The number of para-hydroxylation sites is 2. The second kappa shape index (κ2) is 7.81. The molecule has 2 amide bonds. The number of carbonyl (C=O) groups excluding carboxylic acids is 2. The van der Waals surface area contributed by atoms with Crippen LogP contribution in [-0.2, 0) is 4.79 Å². The highest BCUT2D eigenvalue weighted by atomic mass is 16.5. The number of aromatic nitrogens is 2. The van der Waals surface area contributed by atoms with Crippen molar-refractivity contribution in [3.8, 4) is 5.75 Å². The van der Waals surface area contributed by atoms with E-state index in [1.807, 2.05) is 17.0 Å². The fourth-order valence-corrected chi connectivity index (χ4v) is 2.80. The minimum Gasteiger partial charge on any atom is -0.495 e. The van der Waals surface area contributed by atoms with Gasteiger partial charge in [-0.25, -0.2) is 0 Å². The Morgan fingerprint density at radius 2 is 1.77 bits per heavy atom. The molecule has 1 aliphatic rings. The van der Waals surface area contributed by atoms with E-state index in [-0.39, 0.29) is 17.5 Å².